The Balaban J connectivity index is 1.91. The number of carbonyl (C=O) groups excluding carboxylic acids is 1. The van der Waals surface area contributed by atoms with Gasteiger partial charge in [0.1, 0.15) is 0 Å². The number of carbonyl (C=O) groups is 1. The molecule has 1 aromatic rings. The Morgan fingerprint density at radius 2 is 2.14 bits per heavy atom. The number of rotatable bonds is 9. The van der Waals surface area contributed by atoms with E-state index < -0.39 is 0 Å². The van der Waals surface area contributed by atoms with Crippen LogP contribution < -0.4 is 5.32 Å². The number of amides is 1. The summed E-state index contributed by atoms with van der Waals surface area (Å²) < 4.78 is 0. The number of unbranched alkanes of at least 4 members (excludes halogenated alkanes) is 1. The molecule has 0 radical (unpaired) electrons. The first-order chi connectivity index (χ1) is 10.8. The number of thiophene rings is 1. The van der Waals surface area contributed by atoms with E-state index in [4.69, 9.17) is 0 Å². The van der Waals surface area contributed by atoms with E-state index in [1.54, 1.807) is 11.3 Å². The number of likely N-dealkylation sites (tertiary alicyclic amines) is 1. The van der Waals surface area contributed by atoms with Gasteiger partial charge in [-0.1, -0.05) is 32.8 Å². The van der Waals surface area contributed by atoms with Gasteiger partial charge in [0.2, 0.25) is 5.91 Å². The van der Waals surface area contributed by atoms with Gasteiger partial charge in [0.05, 0.1) is 6.04 Å². The molecule has 2 heterocycles. The average Bonchev–Trinajstić information content (AvgIpc) is 3.22. The Morgan fingerprint density at radius 3 is 2.73 bits per heavy atom. The lowest BCUT2D eigenvalue weighted by Gasteiger charge is -2.27. The Bertz CT molecular complexity index is 426. The predicted octanol–water partition coefficient (Wildman–Crippen LogP) is 4.22. The van der Waals surface area contributed by atoms with E-state index in [1.165, 1.54) is 17.7 Å². The Labute approximate surface area is 139 Å². The molecule has 2 atom stereocenters. The van der Waals surface area contributed by atoms with Crippen molar-refractivity contribution in [1.29, 1.82) is 0 Å². The van der Waals surface area contributed by atoms with E-state index in [1.807, 2.05) is 0 Å². The zero-order valence-electron chi connectivity index (χ0n) is 14.0. The lowest BCUT2D eigenvalue weighted by Crippen LogP contribution is -2.38. The monoisotopic (exact) mass is 322 g/mol. The lowest BCUT2D eigenvalue weighted by atomic mass is 9.98. The second-order valence-corrected chi connectivity index (χ2v) is 7.25. The molecule has 0 aliphatic carbocycles. The van der Waals surface area contributed by atoms with Crippen LogP contribution >= 0.6 is 11.3 Å². The molecular weight excluding hydrogens is 292 g/mol. The van der Waals surface area contributed by atoms with Crippen molar-refractivity contribution in [2.24, 2.45) is 5.92 Å². The number of nitrogens with zero attached hydrogens (tertiary/aromatic N) is 1. The fourth-order valence-corrected chi connectivity index (χ4v) is 4.12. The molecule has 0 spiro atoms. The molecule has 1 aliphatic heterocycles. The van der Waals surface area contributed by atoms with Crippen LogP contribution in [0.2, 0.25) is 0 Å². The summed E-state index contributed by atoms with van der Waals surface area (Å²) in [7, 11) is 0. The number of nitrogens with one attached hydrogen (secondary N) is 1. The van der Waals surface area contributed by atoms with Crippen LogP contribution in [0.3, 0.4) is 0 Å². The van der Waals surface area contributed by atoms with Gasteiger partial charge in [-0.25, -0.2) is 0 Å². The van der Waals surface area contributed by atoms with Gasteiger partial charge in [-0.05, 0) is 50.2 Å². The molecule has 3 nitrogen and oxygen atoms in total. The summed E-state index contributed by atoms with van der Waals surface area (Å²) in [5, 5.41) is 5.37. The van der Waals surface area contributed by atoms with Gasteiger partial charge < -0.3 is 5.32 Å². The van der Waals surface area contributed by atoms with Crippen molar-refractivity contribution >= 4 is 17.2 Å². The molecule has 1 aliphatic rings. The molecule has 1 saturated heterocycles. The molecule has 22 heavy (non-hydrogen) atoms. The molecule has 0 saturated carbocycles. The molecule has 1 fully saturated rings. The first-order valence-electron chi connectivity index (χ1n) is 8.81. The molecule has 2 unspecified atom stereocenters. The van der Waals surface area contributed by atoms with Gasteiger partial charge in [-0.2, -0.15) is 0 Å². The highest BCUT2D eigenvalue weighted by molar-refractivity contribution is 7.10. The van der Waals surface area contributed by atoms with Crippen LogP contribution in [-0.2, 0) is 4.79 Å². The highest BCUT2D eigenvalue weighted by Gasteiger charge is 2.25. The van der Waals surface area contributed by atoms with Crippen LogP contribution in [0.5, 0.6) is 0 Å². The first kappa shape index (κ1) is 17.5. The third kappa shape index (κ3) is 4.82. The van der Waals surface area contributed by atoms with Gasteiger partial charge in [-0.15, -0.1) is 11.3 Å². The minimum absolute atomic E-state index is 0.183. The van der Waals surface area contributed by atoms with Crippen LogP contribution in [-0.4, -0.2) is 30.4 Å². The fraction of sp³-hybridized carbons (Fsp3) is 0.722. The van der Waals surface area contributed by atoms with Crippen LogP contribution in [0, 0.1) is 5.92 Å². The SMILES string of the molecule is CCCCC(CC)C(=O)NCC(c1cccs1)N1CCCC1. The van der Waals surface area contributed by atoms with Crippen molar-refractivity contribution in [3.63, 3.8) is 0 Å². The van der Waals surface area contributed by atoms with Gasteiger partial charge >= 0.3 is 0 Å². The fourth-order valence-electron chi connectivity index (χ4n) is 3.26. The summed E-state index contributed by atoms with van der Waals surface area (Å²) in [6.45, 7) is 7.38. The number of hydrogen-bond donors (Lipinski definition) is 1. The molecule has 1 aromatic heterocycles. The summed E-state index contributed by atoms with van der Waals surface area (Å²) in [4.78, 5) is 16.3. The Hall–Kier alpha value is -0.870. The van der Waals surface area contributed by atoms with E-state index in [9.17, 15) is 4.79 Å². The summed E-state index contributed by atoms with van der Waals surface area (Å²) in [6.07, 6.45) is 6.83. The second kappa shape index (κ2) is 9.31. The minimum atomic E-state index is 0.183. The lowest BCUT2D eigenvalue weighted by molar-refractivity contribution is -0.125. The van der Waals surface area contributed by atoms with Crippen molar-refractivity contribution in [2.75, 3.05) is 19.6 Å². The van der Waals surface area contributed by atoms with Crippen molar-refractivity contribution in [3.05, 3.63) is 22.4 Å². The largest absolute Gasteiger partial charge is 0.354 e. The van der Waals surface area contributed by atoms with E-state index in [-0.39, 0.29) is 11.8 Å². The summed E-state index contributed by atoms with van der Waals surface area (Å²) in [6, 6.07) is 4.67. The zero-order chi connectivity index (χ0) is 15.8. The second-order valence-electron chi connectivity index (χ2n) is 6.27. The highest BCUT2D eigenvalue weighted by atomic mass is 32.1. The van der Waals surface area contributed by atoms with Gasteiger partial charge in [-0.3, -0.25) is 9.69 Å². The maximum Gasteiger partial charge on any atom is 0.223 e. The topological polar surface area (TPSA) is 32.3 Å². The van der Waals surface area contributed by atoms with E-state index in [0.717, 1.165) is 45.3 Å². The van der Waals surface area contributed by atoms with Crippen LogP contribution in [0.25, 0.3) is 0 Å². The van der Waals surface area contributed by atoms with E-state index in [2.05, 4.69) is 41.6 Å². The Morgan fingerprint density at radius 1 is 1.36 bits per heavy atom. The van der Waals surface area contributed by atoms with E-state index in [0.29, 0.717) is 6.04 Å². The molecule has 2 rings (SSSR count). The zero-order valence-corrected chi connectivity index (χ0v) is 14.8. The summed E-state index contributed by atoms with van der Waals surface area (Å²) >= 11 is 1.80. The standard InChI is InChI=1S/C18H30N2OS/c1-3-5-9-15(4-2)18(21)19-14-16(17-10-8-13-22-17)20-11-6-7-12-20/h8,10,13,15-16H,3-7,9,11-12,14H2,1-2H3,(H,19,21). The third-order valence-electron chi connectivity index (χ3n) is 4.69. The molecule has 1 amide bonds. The van der Waals surface area contributed by atoms with Crippen molar-refractivity contribution in [1.82, 2.24) is 10.2 Å². The average molecular weight is 323 g/mol. The maximum atomic E-state index is 12.4. The number of hydrogen-bond acceptors (Lipinski definition) is 3. The molecule has 0 bridgehead atoms. The molecule has 124 valence electrons. The van der Waals surface area contributed by atoms with Gasteiger partial charge in [0.15, 0.2) is 0 Å². The normalized spacial score (nSPS) is 18.3. The molecular formula is C18H30N2OS. The molecule has 0 aromatic carbocycles. The summed E-state index contributed by atoms with van der Waals surface area (Å²) in [5.74, 6) is 0.430. The van der Waals surface area contributed by atoms with Crippen LogP contribution in [0.15, 0.2) is 17.5 Å². The van der Waals surface area contributed by atoms with Crippen LogP contribution in [0.4, 0.5) is 0 Å². The van der Waals surface area contributed by atoms with Crippen molar-refractivity contribution < 1.29 is 4.79 Å². The van der Waals surface area contributed by atoms with E-state index >= 15 is 0 Å². The quantitative estimate of drug-likeness (QED) is 0.738. The van der Waals surface area contributed by atoms with Gasteiger partial charge in [0.25, 0.3) is 0 Å². The molecule has 4 heteroatoms. The first-order valence-corrected chi connectivity index (χ1v) is 9.69. The maximum absolute atomic E-state index is 12.4. The van der Waals surface area contributed by atoms with Crippen molar-refractivity contribution in [3.8, 4) is 0 Å². The summed E-state index contributed by atoms with van der Waals surface area (Å²) in [5.41, 5.74) is 0. The van der Waals surface area contributed by atoms with Crippen molar-refractivity contribution in [2.45, 2.75) is 58.4 Å². The Kier molecular flexibility index (Phi) is 7.40. The smallest absolute Gasteiger partial charge is 0.223 e. The van der Waals surface area contributed by atoms with Gasteiger partial charge in [0, 0.05) is 17.3 Å². The predicted molar refractivity (Wildman–Crippen MR) is 94.2 cm³/mol. The van der Waals surface area contributed by atoms with Crippen LogP contribution in [0.1, 0.15) is 63.3 Å². The molecule has 1 N–H and O–H groups in total. The highest BCUT2D eigenvalue weighted by Crippen LogP contribution is 2.28. The third-order valence-corrected chi connectivity index (χ3v) is 5.67. The minimum Gasteiger partial charge on any atom is -0.354 e.